The fourth-order valence-electron chi connectivity index (χ4n) is 2.33. The Labute approximate surface area is 138 Å². The Hall–Kier alpha value is -2.33. The molecular weight excluding hydrogens is 288 g/mol. The molecule has 2 aromatic carbocycles. The van der Waals surface area contributed by atoms with Crippen molar-refractivity contribution in [1.82, 2.24) is 4.90 Å². The number of amides is 1. The second-order valence-electron chi connectivity index (χ2n) is 5.80. The number of nitrogens with one attached hydrogen (secondary N) is 1. The summed E-state index contributed by atoms with van der Waals surface area (Å²) in [6, 6.07) is 15.5. The molecule has 2 rings (SSSR count). The van der Waals surface area contributed by atoms with E-state index in [-0.39, 0.29) is 11.9 Å². The Kier molecular flexibility index (Phi) is 5.77. The summed E-state index contributed by atoms with van der Waals surface area (Å²) in [4.78, 5) is 14.4. The van der Waals surface area contributed by atoms with Gasteiger partial charge in [0.15, 0.2) is 0 Å². The molecule has 4 heteroatoms. The van der Waals surface area contributed by atoms with Crippen molar-refractivity contribution in [3.8, 4) is 5.75 Å². The number of carbonyl (C=O) groups is 1. The minimum Gasteiger partial charge on any atom is -0.497 e. The van der Waals surface area contributed by atoms with E-state index in [9.17, 15) is 4.79 Å². The molecule has 0 aliphatic rings. The van der Waals surface area contributed by atoms with E-state index in [0.717, 1.165) is 22.6 Å². The van der Waals surface area contributed by atoms with E-state index in [0.29, 0.717) is 6.54 Å². The molecule has 0 fully saturated rings. The Bertz CT molecular complexity index is 653. The minimum absolute atomic E-state index is 0.00777. The van der Waals surface area contributed by atoms with Crippen molar-refractivity contribution in [2.45, 2.75) is 26.4 Å². The van der Waals surface area contributed by atoms with Gasteiger partial charge in [0.05, 0.1) is 13.2 Å². The molecule has 0 aromatic heterocycles. The highest BCUT2D eigenvalue weighted by molar-refractivity contribution is 5.94. The summed E-state index contributed by atoms with van der Waals surface area (Å²) < 4.78 is 5.16. The SMILES string of the molecule is COc1ccc(CN(C)[C@H](C)C(=O)Nc2cccc(C)c2)cc1. The topological polar surface area (TPSA) is 41.6 Å². The van der Waals surface area contributed by atoms with Crippen molar-refractivity contribution in [3.63, 3.8) is 0 Å². The van der Waals surface area contributed by atoms with Gasteiger partial charge in [0.1, 0.15) is 5.75 Å². The summed E-state index contributed by atoms with van der Waals surface area (Å²) in [7, 11) is 3.60. The van der Waals surface area contributed by atoms with Crippen molar-refractivity contribution in [2.75, 3.05) is 19.5 Å². The van der Waals surface area contributed by atoms with Gasteiger partial charge in [0, 0.05) is 12.2 Å². The standard InChI is InChI=1S/C19H24N2O2/c1-14-6-5-7-17(12-14)20-19(22)15(2)21(3)13-16-8-10-18(23-4)11-9-16/h5-12,15H,13H2,1-4H3,(H,20,22)/t15-/m1/s1. The molecular formula is C19H24N2O2. The van der Waals surface area contributed by atoms with Gasteiger partial charge in [0.2, 0.25) is 5.91 Å². The predicted octanol–water partition coefficient (Wildman–Crippen LogP) is 3.46. The van der Waals surface area contributed by atoms with Crippen LogP contribution in [0.3, 0.4) is 0 Å². The number of benzene rings is 2. The van der Waals surface area contributed by atoms with Crippen molar-refractivity contribution >= 4 is 11.6 Å². The number of hydrogen-bond donors (Lipinski definition) is 1. The third-order valence-electron chi connectivity index (χ3n) is 3.92. The van der Waals surface area contributed by atoms with E-state index >= 15 is 0 Å². The van der Waals surface area contributed by atoms with Crippen LogP contribution in [0.15, 0.2) is 48.5 Å². The molecule has 0 saturated carbocycles. The average molecular weight is 312 g/mol. The fourth-order valence-corrected chi connectivity index (χ4v) is 2.33. The summed E-state index contributed by atoms with van der Waals surface area (Å²) in [5.41, 5.74) is 3.10. The summed E-state index contributed by atoms with van der Waals surface area (Å²) >= 11 is 0. The maximum absolute atomic E-state index is 12.4. The lowest BCUT2D eigenvalue weighted by Gasteiger charge is -2.24. The second-order valence-corrected chi connectivity index (χ2v) is 5.80. The smallest absolute Gasteiger partial charge is 0.241 e. The molecule has 0 bridgehead atoms. The summed E-state index contributed by atoms with van der Waals surface area (Å²) in [5.74, 6) is 0.827. The number of carbonyl (C=O) groups excluding carboxylic acids is 1. The minimum atomic E-state index is -0.224. The van der Waals surface area contributed by atoms with E-state index in [2.05, 4.69) is 5.32 Å². The normalized spacial score (nSPS) is 12.0. The molecule has 0 spiro atoms. The lowest BCUT2D eigenvalue weighted by Crippen LogP contribution is -2.39. The van der Waals surface area contributed by atoms with Crippen LogP contribution in [-0.4, -0.2) is 31.0 Å². The molecule has 0 unspecified atom stereocenters. The molecule has 4 nitrogen and oxygen atoms in total. The number of nitrogens with zero attached hydrogens (tertiary/aromatic N) is 1. The second kappa shape index (κ2) is 7.79. The van der Waals surface area contributed by atoms with Crippen LogP contribution in [0.25, 0.3) is 0 Å². The van der Waals surface area contributed by atoms with Crippen molar-refractivity contribution in [1.29, 1.82) is 0 Å². The quantitative estimate of drug-likeness (QED) is 0.888. The maximum atomic E-state index is 12.4. The van der Waals surface area contributed by atoms with Gasteiger partial charge in [-0.2, -0.15) is 0 Å². The third-order valence-corrected chi connectivity index (χ3v) is 3.92. The zero-order valence-electron chi connectivity index (χ0n) is 14.2. The van der Waals surface area contributed by atoms with Crippen LogP contribution in [0.4, 0.5) is 5.69 Å². The number of methoxy groups -OCH3 is 1. The highest BCUT2D eigenvalue weighted by atomic mass is 16.5. The first-order valence-electron chi connectivity index (χ1n) is 7.70. The average Bonchev–Trinajstić information content (AvgIpc) is 2.54. The predicted molar refractivity (Wildman–Crippen MR) is 93.7 cm³/mol. The van der Waals surface area contributed by atoms with Crippen LogP contribution in [-0.2, 0) is 11.3 Å². The van der Waals surface area contributed by atoms with Crippen molar-refractivity contribution in [3.05, 3.63) is 59.7 Å². The van der Waals surface area contributed by atoms with Crippen LogP contribution in [0.5, 0.6) is 5.75 Å². The number of rotatable bonds is 6. The van der Waals surface area contributed by atoms with Gasteiger partial charge >= 0.3 is 0 Å². The highest BCUT2D eigenvalue weighted by Gasteiger charge is 2.18. The molecule has 0 heterocycles. The monoisotopic (exact) mass is 312 g/mol. The van der Waals surface area contributed by atoms with Crippen molar-refractivity contribution in [2.24, 2.45) is 0 Å². The number of likely N-dealkylation sites (N-methyl/N-ethyl adjacent to an activating group) is 1. The van der Waals surface area contributed by atoms with E-state index < -0.39 is 0 Å². The number of anilines is 1. The third kappa shape index (κ3) is 4.83. The summed E-state index contributed by atoms with van der Waals surface area (Å²) in [6.45, 7) is 4.62. The lowest BCUT2D eigenvalue weighted by atomic mass is 10.1. The van der Waals surface area contributed by atoms with Crippen LogP contribution >= 0.6 is 0 Å². The van der Waals surface area contributed by atoms with E-state index in [1.54, 1.807) is 7.11 Å². The summed E-state index contributed by atoms with van der Waals surface area (Å²) in [5, 5.41) is 2.97. The molecule has 23 heavy (non-hydrogen) atoms. The number of ether oxygens (including phenoxy) is 1. The van der Waals surface area contributed by atoms with Crippen LogP contribution < -0.4 is 10.1 Å². The fraction of sp³-hybridized carbons (Fsp3) is 0.316. The van der Waals surface area contributed by atoms with E-state index in [1.165, 1.54) is 0 Å². The molecule has 0 aliphatic heterocycles. The Morgan fingerprint density at radius 2 is 1.91 bits per heavy atom. The zero-order valence-corrected chi connectivity index (χ0v) is 14.2. The highest BCUT2D eigenvalue weighted by Crippen LogP contribution is 2.15. The number of hydrogen-bond acceptors (Lipinski definition) is 3. The molecule has 1 amide bonds. The van der Waals surface area contributed by atoms with Crippen LogP contribution in [0, 0.1) is 6.92 Å². The van der Waals surface area contributed by atoms with Gasteiger partial charge in [-0.3, -0.25) is 9.69 Å². The molecule has 1 N–H and O–H groups in total. The van der Waals surface area contributed by atoms with Gasteiger partial charge in [-0.25, -0.2) is 0 Å². The van der Waals surface area contributed by atoms with Gasteiger partial charge in [-0.05, 0) is 56.3 Å². The maximum Gasteiger partial charge on any atom is 0.241 e. The first kappa shape index (κ1) is 17.0. The number of aryl methyl sites for hydroxylation is 1. The van der Waals surface area contributed by atoms with E-state index in [1.807, 2.05) is 74.3 Å². The van der Waals surface area contributed by atoms with Crippen molar-refractivity contribution < 1.29 is 9.53 Å². The van der Waals surface area contributed by atoms with E-state index in [4.69, 9.17) is 4.74 Å². The molecule has 2 aromatic rings. The van der Waals surface area contributed by atoms with Crippen LogP contribution in [0.2, 0.25) is 0 Å². The van der Waals surface area contributed by atoms with Gasteiger partial charge < -0.3 is 10.1 Å². The first-order chi connectivity index (χ1) is 11.0. The lowest BCUT2D eigenvalue weighted by molar-refractivity contribution is -0.120. The molecule has 122 valence electrons. The molecule has 0 saturated heterocycles. The Morgan fingerprint density at radius 3 is 2.52 bits per heavy atom. The Morgan fingerprint density at radius 1 is 1.22 bits per heavy atom. The molecule has 1 atom stereocenters. The Balaban J connectivity index is 1.95. The van der Waals surface area contributed by atoms with Crippen LogP contribution in [0.1, 0.15) is 18.1 Å². The zero-order chi connectivity index (χ0) is 16.8. The van der Waals surface area contributed by atoms with Gasteiger partial charge in [0.25, 0.3) is 0 Å². The molecule has 0 aliphatic carbocycles. The van der Waals surface area contributed by atoms with Gasteiger partial charge in [-0.15, -0.1) is 0 Å². The van der Waals surface area contributed by atoms with Gasteiger partial charge in [-0.1, -0.05) is 24.3 Å². The summed E-state index contributed by atoms with van der Waals surface area (Å²) in [6.07, 6.45) is 0. The molecule has 0 radical (unpaired) electrons. The first-order valence-corrected chi connectivity index (χ1v) is 7.70. The largest absolute Gasteiger partial charge is 0.497 e.